The predicted molar refractivity (Wildman–Crippen MR) is 89.2 cm³/mol. The molecule has 0 spiro atoms. The number of hydrogen-bond acceptors (Lipinski definition) is 1. The first-order valence-corrected chi connectivity index (χ1v) is 9.09. The van der Waals surface area contributed by atoms with Gasteiger partial charge in [-0.2, -0.15) is 0 Å². The molecule has 0 saturated heterocycles. The van der Waals surface area contributed by atoms with E-state index in [4.69, 9.17) is 4.74 Å². The Morgan fingerprint density at radius 3 is 2.24 bits per heavy atom. The van der Waals surface area contributed by atoms with Crippen LogP contribution in [0.5, 0.6) is 0 Å². The molecule has 3 atom stereocenters. The van der Waals surface area contributed by atoms with Gasteiger partial charge < -0.3 is 4.74 Å². The minimum absolute atomic E-state index is 0.284. The molecule has 1 saturated carbocycles. The molecule has 0 aromatic carbocycles. The van der Waals surface area contributed by atoms with Gasteiger partial charge in [-0.3, -0.25) is 0 Å². The van der Waals surface area contributed by atoms with Crippen LogP contribution in [0.4, 0.5) is 0 Å². The van der Waals surface area contributed by atoms with E-state index in [0.717, 1.165) is 12.5 Å². The van der Waals surface area contributed by atoms with E-state index in [-0.39, 0.29) is 5.41 Å². The van der Waals surface area contributed by atoms with Crippen LogP contribution in [0.1, 0.15) is 73.6 Å². The van der Waals surface area contributed by atoms with Gasteiger partial charge in [0.2, 0.25) is 0 Å². The van der Waals surface area contributed by atoms with Crippen molar-refractivity contribution in [3.05, 3.63) is 11.1 Å². The Labute approximate surface area is 131 Å². The Hall–Kier alpha value is -0.300. The zero-order valence-electron chi connectivity index (χ0n) is 15.0. The first kappa shape index (κ1) is 15.6. The fourth-order valence-corrected chi connectivity index (χ4v) is 5.47. The lowest BCUT2D eigenvalue weighted by molar-refractivity contribution is -0.0411. The van der Waals surface area contributed by atoms with E-state index in [2.05, 4.69) is 41.5 Å². The van der Waals surface area contributed by atoms with Gasteiger partial charge in [-0.1, -0.05) is 60.0 Å². The predicted octanol–water partition coefficient (Wildman–Crippen LogP) is 5.60. The van der Waals surface area contributed by atoms with Crippen molar-refractivity contribution in [2.75, 3.05) is 6.61 Å². The Morgan fingerprint density at radius 2 is 1.62 bits per heavy atom. The summed E-state index contributed by atoms with van der Waals surface area (Å²) in [5.41, 5.74) is 4.09. The summed E-state index contributed by atoms with van der Waals surface area (Å²) in [5, 5.41) is 0. The first-order valence-electron chi connectivity index (χ1n) is 9.09. The van der Waals surface area contributed by atoms with Crippen molar-refractivity contribution in [1.29, 1.82) is 0 Å². The van der Waals surface area contributed by atoms with Crippen molar-refractivity contribution in [3.8, 4) is 0 Å². The summed E-state index contributed by atoms with van der Waals surface area (Å²) in [6, 6.07) is 0. The smallest absolute Gasteiger partial charge is 0.0689 e. The standard InChI is InChI=1S/C20H34O/c1-13-16-11-19(3,4)14(2)20(5,6)17(16)12-21-18(13)15-9-7-8-10-15/h13-15,18H,7-12H2,1-6H3. The number of ether oxygens (including phenoxy) is 1. The van der Waals surface area contributed by atoms with Crippen molar-refractivity contribution in [3.63, 3.8) is 0 Å². The molecule has 1 heterocycles. The van der Waals surface area contributed by atoms with Crippen LogP contribution in [-0.4, -0.2) is 12.7 Å². The van der Waals surface area contributed by atoms with E-state index in [9.17, 15) is 0 Å². The van der Waals surface area contributed by atoms with Crippen LogP contribution < -0.4 is 0 Å². The second kappa shape index (κ2) is 5.11. The van der Waals surface area contributed by atoms with Crippen LogP contribution >= 0.6 is 0 Å². The van der Waals surface area contributed by atoms with Gasteiger partial charge in [-0.05, 0) is 47.5 Å². The quantitative estimate of drug-likeness (QED) is 0.571. The SMILES string of the molecule is CC1C2=C(COC1C1CCCC1)C(C)(C)C(C)C(C)(C)C2. The highest BCUT2D eigenvalue weighted by Gasteiger charge is 2.49. The van der Waals surface area contributed by atoms with Crippen molar-refractivity contribution in [2.45, 2.75) is 79.8 Å². The summed E-state index contributed by atoms with van der Waals surface area (Å²) in [4.78, 5) is 0. The molecule has 21 heavy (non-hydrogen) atoms. The van der Waals surface area contributed by atoms with Gasteiger partial charge in [-0.15, -0.1) is 0 Å². The first-order chi connectivity index (χ1) is 9.75. The third-order valence-electron chi connectivity index (χ3n) is 7.39. The van der Waals surface area contributed by atoms with Crippen molar-refractivity contribution in [2.24, 2.45) is 28.6 Å². The summed E-state index contributed by atoms with van der Waals surface area (Å²) >= 11 is 0. The van der Waals surface area contributed by atoms with Gasteiger partial charge in [0.25, 0.3) is 0 Å². The van der Waals surface area contributed by atoms with E-state index in [1.807, 2.05) is 0 Å². The van der Waals surface area contributed by atoms with E-state index in [0.29, 0.717) is 23.4 Å². The van der Waals surface area contributed by atoms with Gasteiger partial charge in [0.05, 0.1) is 12.7 Å². The summed E-state index contributed by atoms with van der Waals surface area (Å²) in [7, 11) is 0. The lowest BCUT2D eigenvalue weighted by atomic mass is 9.54. The van der Waals surface area contributed by atoms with E-state index in [1.165, 1.54) is 32.1 Å². The maximum atomic E-state index is 6.44. The topological polar surface area (TPSA) is 9.23 Å². The third kappa shape index (κ3) is 2.40. The summed E-state index contributed by atoms with van der Waals surface area (Å²) in [6.45, 7) is 15.6. The monoisotopic (exact) mass is 290 g/mol. The second-order valence-corrected chi connectivity index (χ2v) is 9.22. The van der Waals surface area contributed by atoms with Gasteiger partial charge in [0, 0.05) is 5.92 Å². The number of hydrogen-bond donors (Lipinski definition) is 0. The van der Waals surface area contributed by atoms with Crippen molar-refractivity contribution < 1.29 is 4.74 Å². The molecule has 0 aromatic rings. The van der Waals surface area contributed by atoms with E-state index in [1.54, 1.807) is 11.1 Å². The molecule has 0 radical (unpaired) electrons. The Morgan fingerprint density at radius 1 is 1.00 bits per heavy atom. The zero-order chi connectivity index (χ0) is 15.4. The molecular formula is C20H34O. The molecule has 1 heteroatoms. The highest BCUT2D eigenvalue weighted by molar-refractivity contribution is 5.32. The highest BCUT2D eigenvalue weighted by Crippen LogP contribution is 2.57. The normalized spacial score (nSPS) is 39.4. The average Bonchev–Trinajstić information content (AvgIpc) is 2.92. The van der Waals surface area contributed by atoms with E-state index < -0.39 is 0 Å². The van der Waals surface area contributed by atoms with E-state index >= 15 is 0 Å². The molecule has 1 aliphatic heterocycles. The largest absolute Gasteiger partial charge is 0.373 e. The van der Waals surface area contributed by atoms with Crippen molar-refractivity contribution in [1.82, 2.24) is 0 Å². The molecule has 2 aliphatic carbocycles. The lowest BCUT2D eigenvalue weighted by Gasteiger charge is -2.54. The fourth-order valence-electron chi connectivity index (χ4n) is 5.47. The van der Waals surface area contributed by atoms with Crippen LogP contribution in [0, 0.1) is 28.6 Å². The summed E-state index contributed by atoms with van der Waals surface area (Å²) < 4.78 is 6.44. The maximum Gasteiger partial charge on any atom is 0.0689 e. The van der Waals surface area contributed by atoms with Crippen LogP contribution in [0.2, 0.25) is 0 Å². The van der Waals surface area contributed by atoms with Crippen LogP contribution in [0.15, 0.2) is 11.1 Å². The maximum absolute atomic E-state index is 6.44. The molecular weight excluding hydrogens is 256 g/mol. The highest BCUT2D eigenvalue weighted by atomic mass is 16.5. The molecule has 3 aliphatic rings. The average molecular weight is 290 g/mol. The van der Waals surface area contributed by atoms with Gasteiger partial charge in [0.15, 0.2) is 0 Å². The molecule has 1 fully saturated rings. The minimum atomic E-state index is 0.284. The molecule has 3 rings (SSSR count). The molecule has 1 nitrogen and oxygen atoms in total. The molecule has 0 amide bonds. The van der Waals surface area contributed by atoms with Crippen LogP contribution in [-0.2, 0) is 4.74 Å². The Kier molecular flexibility index (Phi) is 3.80. The molecule has 0 bridgehead atoms. The third-order valence-corrected chi connectivity index (χ3v) is 7.39. The molecule has 0 aromatic heterocycles. The van der Waals surface area contributed by atoms with Crippen molar-refractivity contribution >= 4 is 0 Å². The Balaban J connectivity index is 1.93. The van der Waals surface area contributed by atoms with Crippen LogP contribution in [0.25, 0.3) is 0 Å². The fraction of sp³-hybridized carbons (Fsp3) is 0.900. The molecule has 120 valence electrons. The van der Waals surface area contributed by atoms with Gasteiger partial charge >= 0.3 is 0 Å². The summed E-state index contributed by atoms with van der Waals surface area (Å²) in [6.07, 6.45) is 7.38. The second-order valence-electron chi connectivity index (χ2n) is 9.22. The number of rotatable bonds is 1. The van der Waals surface area contributed by atoms with Crippen LogP contribution in [0.3, 0.4) is 0 Å². The molecule has 0 N–H and O–H groups in total. The molecule has 3 unspecified atom stereocenters. The summed E-state index contributed by atoms with van der Waals surface area (Å²) in [5.74, 6) is 2.16. The Bertz CT molecular complexity index is 437. The minimum Gasteiger partial charge on any atom is -0.373 e. The van der Waals surface area contributed by atoms with Gasteiger partial charge in [-0.25, -0.2) is 0 Å². The van der Waals surface area contributed by atoms with Gasteiger partial charge in [0.1, 0.15) is 0 Å². The lowest BCUT2D eigenvalue weighted by Crippen LogP contribution is -2.47. The zero-order valence-corrected chi connectivity index (χ0v) is 15.0.